The summed E-state index contributed by atoms with van der Waals surface area (Å²) in [6, 6.07) is 7.75. The van der Waals surface area contributed by atoms with Gasteiger partial charge in [-0.05, 0) is 42.2 Å². The molecule has 1 heterocycles. The Bertz CT molecular complexity index is 882. The standard InChI is InChI=1S/C17H10Cl4N2/c18-12-13(19)17(21)11-7-5-6(7)10(11)16(12,20)14-15(17)23-9-4-2-1-3-8(9)22-14/h1-4,6-7,10-11H,5H2/t6-,7+,10-,11+,16-,17+. The summed E-state index contributed by atoms with van der Waals surface area (Å²) in [5.74, 6) is 1.61. The Morgan fingerprint density at radius 2 is 1.26 bits per heavy atom. The van der Waals surface area contributed by atoms with E-state index in [2.05, 4.69) is 0 Å². The number of halogens is 4. The number of hydrogen-bond acceptors (Lipinski definition) is 2. The first kappa shape index (κ1) is 13.7. The number of benzene rings is 1. The van der Waals surface area contributed by atoms with Crippen molar-refractivity contribution in [3.63, 3.8) is 0 Å². The van der Waals surface area contributed by atoms with Gasteiger partial charge < -0.3 is 0 Å². The van der Waals surface area contributed by atoms with Crippen LogP contribution in [0.4, 0.5) is 0 Å². The number of aromatic nitrogens is 2. The van der Waals surface area contributed by atoms with E-state index in [4.69, 9.17) is 56.4 Å². The molecule has 0 N–H and O–H groups in total. The van der Waals surface area contributed by atoms with Crippen LogP contribution in [0, 0.1) is 23.7 Å². The monoisotopic (exact) mass is 382 g/mol. The molecule has 2 saturated carbocycles. The molecule has 7 rings (SSSR count). The van der Waals surface area contributed by atoms with Gasteiger partial charge in [-0.3, -0.25) is 0 Å². The summed E-state index contributed by atoms with van der Waals surface area (Å²) in [7, 11) is 0. The molecule has 23 heavy (non-hydrogen) atoms. The van der Waals surface area contributed by atoms with Crippen LogP contribution in [-0.4, -0.2) is 9.97 Å². The summed E-state index contributed by atoms with van der Waals surface area (Å²) in [4.78, 5) is 7.89. The van der Waals surface area contributed by atoms with Crippen LogP contribution in [0.1, 0.15) is 17.8 Å². The number of hydrogen-bond donors (Lipinski definition) is 0. The van der Waals surface area contributed by atoms with E-state index in [1.54, 1.807) is 0 Å². The summed E-state index contributed by atoms with van der Waals surface area (Å²) >= 11 is 27.5. The predicted molar refractivity (Wildman–Crippen MR) is 91.9 cm³/mol. The quantitative estimate of drug-likeness (QED) is 0.591. The average molecular weight is 384 g/mol. The van der Waals surface area contributed by atoms with E-state index < -0.39 is 9.75 Å². The third-order valence-corrected chi connectivity index (χ3v) is 8.71. The highest BCUT2D eigenvalue weighted by molar-refractivity contribution is 6.49. The maximum atomic E-state index is 7.12. The lowest BCUT2D eigenvalue weighted by molar-refractivity contribution is 0.0549. The number of alkyl halides is 2. The number of nitrogens with zero attached hydrogens (tertiary/aromatic N) is 2. The minimum Gasteiger partial charge on any atom is -0.247 e. The highest BCUT2D eigenvalue weighted by Crippen LogP contribution is 2.82. The number of rotatable bonds is 0. The fourth-order valence-electron chi connectivity index (χ4n) is 5.18. The van der Waals surface area contributed by atoms with Crippen molar-refractivity contribution in [2.24, 2.45) is 23.7 Å². The maximum Gasteiger partial charge on any atom is 0.128 e. The van der Waals surface area contributed by atoms with E-state index in [0.29, 0.717) is 33.3 Å². The van der Waals surface area contributed by atoms with E-state index >= 15 is 0 Å². The third kappa shape index (κ3) is 1.26. The van der Waals surface area contributed by atoms with Crippen LogP contribution in [0.15, 0.2) is 34.3 Å². The fraction of sp³-hybridized carbons (Fsp3) is 0.412. The zero-order valence-corrected chi connectivity index (χ0v) is 14.8. The van der Waals surface area contributed by atoms with E-state index in [1.807, 2.05) is 24.3 Å². The van der Waals surface area contributed by atoms with Gasteiger partial charge in [-0.2, -0.15) is 0 Å². The molecule has 0 unspecified atom stereocenters. The lowest BCUT2D eigenvalue weighted by Gasteiger charge is -2.60. The van der Waals surface area contributed by atoms with Gasteiger partial charge in [0.25, 0.3) is 0 Å². The summed E-state index contributed by atoms with van der Waals surface area (Å²) in [6.45, 7) is 0. The average Bonchev–Trinajstić information content (AvgIpc) is 3.22. The van der Waals surface area contributed by atoms with E-state index in [-0.39, 0.29) is 11.8 Å². The van der Waals surface area contributed by atoms with Crippen molar-refractivity contribution in [1.82, 2.24) is 9.97 Å². The minimum atomic E-state index is -0.871. The lowest BCUT2D eigenvalue weighted by Crippen LogP contribution is -2.61. The van der Waals surface area contributed by atoms with Crippen LogP contribution in [-0.2, 0) is 9.75 Å². The van der Waals surface area contributed by atoms with E-state index in [1.165, 1.54) is 0 Å². The van der Waals surface area contributed by atoms with Gasteiger partial charge in [0, 0.05) is 0 Å². The van der Waals surface area contributed by atoms with Crippen LogP contribution in [0.5, 0.6) is 0 Å². The van der Waals surface area contributed by atoms with Crippen LogP contribution >= 0.6 is 46.4 Å². The molecule has 0 aliphatic heterocycles. The fourth-order valence-corrected chi connectivity index (χ4v) is 7.05. The lowest BCUT2D eigenvalue weighted by atomic mass is 9.52. The Morgan fingerprint density at radius 3 is 1.70 bits per heavy atom. The van der Waals surface area contributed by atoms with Crippen molar-refractivity contribution in [1.29, 1.82) is 0 Å². The number of allylic oxidation sites excluding steroid dienone is 2. The van der Waals surface area contributed by atoms with Gasteiger partial charge in [-0.15, -0.1) is 23.2 Å². The van der Waals surface area contributed by atoms with Crippen LogP contribution in [0.2, 0.25) is 0 Å². The van der Waals surface area contributed by atoms with Crippen molar-refractivity contribution in [2.75, 3.05) is 0 Å². The first-order chi connectivity index (χ1) is 11.0. The maximum absolute atomic E-state index is 7.12. The molecule has 2 aromatic rings. The molecule has 116 valence electrons. The van der Waals surface area contributed by atoms with E-state index in [9.17, 15) is 0 Å². The second-order valence-electron chi connectivity index (χ2n) is 7.08. The van der Waals surface area contributed by atoms with Crippen molar-refractivity contribution in [3.05, 3.63) is 45.7 Å². The Balaban J connectivity index is 1.77. The van der Waals surface area contributed by atoms with Gasteiger partial charge in [-0.1, -0.05) is 35.3 Å². The van der Waals surface area contributed by atoms with Crippen LogP contribution < -0.4 is 0 Å². The topological polar surface area (TPSA) is 25.8 Å². The first-order valence-corrected chi connectivity index (χ1v) is 9.22. The van der Waals surface area contributed by atoms with Gasteiger partial charge in [0.15, 0.2) is 0 Å². The second kappa shape index (κ2) is 3.83. The highest BCUT2D eigenvalue weighted by Gasteiger charge is 2.80. The van der Waals surface area contributed by atoms with Crippen LogP contribution in [0.3, 0.4) is 0 Å². The molecule has 0 amide bonds. The first-order valence-electron chi connectivity index (χ1n) is 7.70. The molecular weight excluding hydrogens is 374 g/mol. The molecule has 0 radical (unpaired) electrons. The van der Waals surface area contributed by atoms with Crippen molar-refractivity contribution in [2.45, 2.75) is 16.2 Å². The normalized spacial score (nSPS) is 45.4. The Hall–Kier alpha value is -0.540. The Kier molecular flexibility index (Phi) is 2.28. The molecule has 2 bridgehead atoms. The third-order valence-electron chi connectivity index (χ3n) is 6.21. The molecule has 5 aliphatic carbocycles. The summed E-state index contributed by atoms with van der Waals surface area (Å²) in [5.41, 5.74) is 3.02. The predicted octanol–water partition coefficient (Wildman–Crippen LogP) is 5.10. The van der Waals surface area contributed by atoms with Gasteiger partial charge in [-0.25, -0.2) is 9.97 Å². The Morgan fingerprint density at radius 1 is 0.826 bits per heavy atom. The zero-order valence-electron chi connectivity index (χ0n) is 11.7. The molecule has 2 nitrogen and oxygen atoms in total. The number of fused-ring (bicyclic) bond motifs is 2. The van der Waals surface area contributed by atoms with Gasteiger partial charge in [0.05, 0.1) is 32.5 Å². The zero-order chi connectivity index (χ0) is 15.7. The highest BCUT2D eigenvalue weighted by atomic mass is 35.5. The molecule has 5 aliphatic rings. The molecule has 0 saturated heterocycles. The molecule has 1 aromatic carbocycles. The molecular formula is C17H10Cl4N2. The largest absolute Gasteiger partial charge is 0.247 e. The molecule has 1 aromatic heterocycles. The smallest absolute Gasteiger partial charge is 0.128 e. The minimum absolute atomic E-state index is 0.213. The summed E-state index contributed by atoms with van der Waals surface area (Å²) in [6.07, 6.45) is 1.15. The Labute approximate surface area is 152 Å². The summed E-state index contributed by atoms with van der Waals surface area (Å²) in [5, 5.41) is 0.888. The van der Waals surface area contributed by atoms with Crippen LogP contribution in [0.25, 0.3) is 11.0 Å². The van der Waals surface area contributed by atoms with Crippen molar-refractivity contribution in [3.8, 4) is 0 Å². The molecule has 6 atom stereocenters. The van der Waals surface area contributed by atoms with Gasteiger partial charge >= 0.3 is 0 Å². The second-order valence-corrected chi connectivity index (χ2v) is 9.02. The van der Waals surface area contributed by atoms with Gasteiger partial charge in [0.2, 0.25) is 0 Å². The molecule has 6 heteroatoms. The SMILES string of the molecule is ClC1=C(Cl)[C@]2(Cl)c3nc4ccccc4nc3[C@@]1(Cl)[C@@H]1[C@@H]3C[C@@H]3[C@@H]12. The van der Waals surface area contributed by atoms with Gasteiger partial charge in [0.1, 0.15) is 9.75 Å². The molecule has 2 fully saturated rings. The van der Waals surface area contributed by atoms with Crippen molar-refractivity contribution < 1.29 is 0 Å². The summed E-state index contributed by atoms with van der Waals surface area (Å²) < 4.78 is 0. The molecule has 0 spiro atoms. The van der Waals surface area contributed by atoms with Crippen molar-refractivity contribution >= 4 is 57.4 Å². The number of para-hydroxylation sites is 2. The van der Waals surface area contributed by atoms with E-state index in [0.717, 1.165) is 17.5 Å².